The number of carbonyl (C=O) groups is 1. The zero-order valence-electron chi connectivity index (χ0n) is 18.4. The normalized spacial score (nSPS) is 11.4. The van der Waals surface area contributed by atoms with Gasteiger partial charge in [-0.05, 0) is 51.9 Å². The Balaban J connectivity index is 1.81. The topological polar surface area (TPSA) is 58.6 Å². The highest BCUT2D eigenvalue weighted by atomic mass is 35.5. The van der Waals surface area contributed by atoms with Crippen molar-refractivity contribution >= 4 is 34.8 Å². The Labute approximate surface area is 199 Å². The highest BCUT2D eigenvalue weighted by molar-refractivity contribution is 6.42. The quantitative estimate of drug-likeness (QED) is 0.381. The molecule has 32 heavy (non-hydrogen) atoms. The molecule has 3 aromatic carbocycles. The van der Waals surface area contributed by atoms with E-state index < -0.39 is 6.79 Å². The highest BCUT2D eigenvalue weighted by Gasteiger charge is 2.14. The summed E-state index contributed by atoms with van der Waals surface area (Å²) in [5, 5.41) is 12.9. The van der Waals surface area contributed by atoms with Crippen LogP contribution in [-0.2, 0) is 28.0 Å². The molecule has 0 radical (unpaired) electrons. The molecule has 0 aliphatic heterocycles. The Hall–Kier alpha value is -2.37. The van der Waals surface area contributed by atoms with Gasteiger partial charge in [-0.3, -0.25) is 4.79 Å². The van der Waals surface area contributed by atoms with E-state index in [4.69, 9.17) is 33.0 Å². The smallest absolute Gasteiger partial charge is 0.228 e. The van der Waals surface area contributed by atoms with Crippen molar-refractivity contribution in [1.29, 1.82) is 0 Å². The number of aliphatic hydroxyl groups excluding tert-OH is 1. The Morgan fingerprint density at radius 1 is 0.938 bits per heavy atom. The summed E-state index contributed by atoms with van der Waals surface area (Å²) in [6, 6.07) is 19.4. The molecule has 2 N–H and O–H groups in total. The Bertz CT molecular complexity index is 1090. The third-order valence-electron chi connectivity index (χ3n) is 5.16. The molecule has 0 saturated carbocycles. The average Bonchev–Trinajstić information content (AvgIpc) is 2.75. The van der Waals surface area contributed by atoms with E-state index in [1.807, 2.05) is 18.2 Å². The number of hydrogen-bond acceptors (Lipinski definition) is 3. The van der Waals surface area contributed by atoms with Gasteiger partial charge < -0.3 is 15.2 Å². The van der Waals surface area contributed by atoms with E-state index in [0.29, 0.717) is 15.7 Å². The van der Waals surface area contributed by atoms with E-state index in [-0.39, 0.29) is 24.3 Å². The summed E-state index contributed by atoms with van der Waals surface area (Å²) >= 11 is 12.0. The predicted octanol–water partition coefficient (Wildman–Crippen LogP) is 6.61. The maximum absolute atomic E-state index is 12.6. The second-order valence-corrected chi connectivity index (χ2v) is 9.46. The largest absolute Gasteiger partial charge is 0.371 e. The van der Waals surface area contributed by atoms with Crippen LogP contribution < -0.4 is 5.32 Å². The first-order chi connectivity index (χ1) is 15.2. The van der Waals surface area contributed by atoms with Gasteiger partial charge in [0.1, 0.15) is 6.79 Å². The number of carbonyl (C=O) groups excluding carboxylic acids is 1. The summed E-state index contributed by atoms with van der Waals surface area (Å²) in [5.74, 6) is -0.184. The first-order valence-electron chi connectivity index (χ1n) is 10.3. The lowest BCUT2D eigenvalue weighted by molar-refractivity contribution is -0.115. The van der Waals surface area contributed by atoms with Crippen molar-refractivity contribution in [3.63, 3.8) is 0 Å². The summed E-state index contributed by atoms with van der Waals surface area (Å²) < 4.78 is 5.22. The Morgan fingerprint density at radius 2 is 1.62 bits per heavy atom. The number of ether oxygens (including phenoxy) is 1. The van der Waals surface area contributed by atoms with Crippen LogP contribution in [0.2, 0.25) is 10.0 Å². The van der Waals surface area contributed by atoms with Crippen molar-refractivity contribution in [2.45, 2.75) is 39.2 Å². The minimum Gasteiger partial charge on any atom is -0.371 e. The monoisotopic (exact) mass is 471 g/mol. The van der Waals surface area contributed by atoms with Gasteiger partial charge in [-0.15, -0.1) is 0 Å². The lowest BCUT2D eigenvalue weighted by atomic mass is 9.86. The maximum Gasteiger partial charge on any atom is 0.228 e. The number of benzene rings is 3. The van der Waals surface area contributed by atoms with E-state index in [9.17, 15) is 4.79 Å². The van der Waals surface area contributed by atoms with Crippen LogP contribution in [0.4, 0.5) is 5.69 Å². The molecule has 0 unspecified atom stereocenters. The molecular weight excluding hydrogens is 445 g/mol. The first kappa shape index (κ1) is 24.3. The van der Waals surface area contributed by atoms with E-state index in [0.717, 1.165) is 22.3 Å². The number of nitrogens with one attached hydrogen (secondary N) is 1. The van der Waals surface area contributed by atoms with Crippen LogP contribution in [0.5, 0.6) is 0 Å². The number of anilines is 1. The third-order valence-corrected chi connectivity index (χ3v) is 5.90. The Kier molecular flexibility index (Phi) is 7.96. The molecule has 0 atom stereocenters. The van der Waals surface area contributed by atoms with Crippen molar-refractivity contribution in [3.05, 3.63) is 87.4 Å². The van der Waals surface area contributed by atoms with Crippen molar-refractivity contribution in [2.24, 2.45) is 0 Å². The van der Waals surface area contributed by atoms with E-state index in [1.165, 1.54) is 5.56 Å². The fraction of sp³-hybridized carbons (Fsp3) is 0.269. The zero-order chi connectivity index (χ0) is 23.3. The van der Waals surface area contributed by atoms with Gasteiger partial charge in [0, 0.05) is 11.3 Å². The van der Waals surface area contributed by atoms with Gasteiger partial charge in [-0.25, -0.2) is 0 Å². The SMILES string of the molecule is CC(C)(C)c1ccc(-c2ccc(NC(=O)Cc3ccc(Cl)c(Cl)c3)c(COCO)c2)cc1. The van der Waals surface area contributed by atoms with Gasteiger partial charge in [0.25, 0.3) is 0 Å². The molecule has 6 heteroatoms. The maximum atomic E-state index is 12.6. The van der Waals surface area contributed by atoms with Crippen molar-refractivity contribution in [3.8, 4) is 11.1 Å². The Morgan fingerprint density at radius 3 is 2.25 bits per heavy atom. The summed E-state index contributed by atoms with van der Waals surface area (Å²) in [7, 11) is 0. The van der Waals surface area contributed by atoms with Gasteiger partial charge in [-0.1, -0.05) is 80.4 Å². The van der Waals surface area contributed by atoms with Crippen LogP contribution in [0.25, 0.3) is 11.1 Å². The van der Waals surface area contributed by atoms with Crippen molar-refractivity contribution < 1.29 is 14.6 Å². The summed E-state index contributed by atoms with van der Waals surface area (Å²) in [4.78, 5) is 12.6. The number of hydrogen-bond donors (Lipinski definition) is 2. The van der Waals surface area contributed by atoms with Gasteiger partial charge in [0.15, 0.2) is 0 Å². The minimum atomic E-state index is -0.402. The number of halogens is 2. The molecule has 0 aliphatic carbocycles. The van der Waals surface area contributed by atoms with Gasteiger partial charge in [-0.2, -0.15) is 0 Å². The molecule has 0 aliphatic rings. The molecule has 0 aromatic heterocycles. The van der Waals surface area contributed by atoms with Crippen LogP contribution in [-0.4, -0.2) is 17.8 Å². The molecule has 0 spiro atoms. The van der Waals surface area contributed by atoms with Crippen LogP contribution >= 0.6 is 23.2 Å². The van der Waals surface area contributed by atoms with Crippen LogP contribution in [0.1, 0.15) is 37.5 Å². The molecule has 0 fully saturated rings. The average molecular weight is 472 g/mol. The van der Waals surface area contributed by atoms with Gasteiger partial charge >= 0.3 is 0 Å². The second-order valence-electron chi connectivity index (χ2n) is 8.65. The van der Waals surface area contributed by atoms with E-state index in [2.05, 4.69) is 50.4 Å². The van der Waals surface area contributed by atoms with E-state index in [1.54, 1.807) is 18.2 Å². The third kappa shape index (κ3) is 6.33. The van der Waals surface area contributed by atoms with Crippen molar-refractivity contribution in [1.82, 2.24) is 0 Å². The van der Waals surface area contributed by atoms with Crippen LogP contribution in [0, 0.1) is 0 Å². The standard InChI is InChI=1S/C26H27Cl2NO3/c1-26(2,3)21-8-5-18(6-9-21)19-7-11-24(20(14-19)15-32-16-30)29-25(31)13-17-4-10-22(27)23(28)12-17/h4-12,14,30H,13,15-16H2,1-3H3,(H,29,31). The fourth-order valence-corrected chi connectivity index (χ4v) is 3.68. The molecule has 3 rings (SSSR count). The van der Waals surface area contributed by atoms with Crippen LogP contribution in [0.3, 0.4) is 0 Å². The number of rotatable bonds is 7. The first-order valence-corrected chi connectivity index (χ1v) is 11.1. The summed E-state index contributed by atoms with van der Waals surface area (Å²) in [5.41, 5.74) is 5.59. The lowest BCUT2D eigenvalue weighted by Crippen LogP contribution is -2.16. The van der Waals surface area contributed by atoms with Gasteiger partial charge in [0.2, 0.25) is 5.91 Å². The molecule has 0 bridgehead atoms. The molecule has 0 saturated heterocycles. The number of amides is 1. The number of aliphatic hydroxyl groups is 1. The second kappa shape index (κ2) is 10.5. The van der Waals surface area contributed by atoms with Crippen LogP contribution in [0.15, 0.2) is 60.7 Å². The predicted molar refractivity (Wildman–Crippen MR) is 131 cm³/mol. The molecular formula is C26H27Cl2NO3. The fourth-order valence-electron chi connectivity index (χ4n) is 3.36. The minimum absolute atomic E-state index is 0.0844. The molecule has 168 valence electrons. The van der Waals surface area contributed by atoms with Crippen molar-refractivity contribution in [2.75, 3.05) is 12.1 Å². The summed E-state index contributed by atoms with van der Waals surface area (Å²) in [6.07, 6.45) is 0.160. The molecule has 1 amide bonds. The van der Waals surface area contributed by atoms with Gasteiger partial charge in [0.05, 0.1) is 23.1 Å². The zero-order valence-corrected chi connectivity index (χ0v) is 19.9. The lowest BCUT2D eigenvalue weighted by Gasteiger charge is -2.19. The summed E-state index contributed by atoms with van der Waals surface area (Å²) in [6.45, 7) is 6.32. The van der Waals surface area contributed by atoms with E-state index >= 15 is 0 Å². The molecule has 3 aromatic rings. The highest BCUT2D eigenvalue weighted by Crippen LogP contribution is 2.29. The molecule has 4 nitrogen and oxygen atoms in total. The molecule has 0 heterocycles.